The zero-order valence-electron chi connectivity index (χ0n) is 19.0. The first-order valence-electron chi connectivity index (χ1n) is 11.3. The number of nitrogens with zero attached hydrogens (tertiary/aromatic N) is 1. The molecule has 0 heterocycles. The number of likely N-dealkylation sites (N-methyl/N-ethyl adjacent to an activating group) is 1. The van der Waals surface area contributed by atoms with Crippen molar-refractivity contribution in [3.8, 4) is 0 Å². The highest BCUT2D eigenvalue weighted by Crippen LogP contribution is 2.52. The second-order valence-corrected chi connectivity index (χ2v) is 12.8. The monoisotopic (exact) mass is 554 g/mol. The van der Waals surface area contributed by atoms with Crippen LogP contribution >= 0.6 is 30.2 Å². The quantitative estimate of drug-likeness (QED) is 0.106. The van der Waals surface area contributed by atoms with E-state index in [1.165, 1.54) is 54.1 Å². The molecule has 1 aromatic rings. The summed E-state index contributed by atoms with van der Waals surface area (Å²) in [6.45, 7) is 0.0563. The van der Waals surface area contributed by atoms with Crippen molar-refractivity contribution in [3.05, 3.63) is 33.4 Å². The molecule has 3 N–H and O–H groups in total. The molecule has 1 rings (SSSR count). The van der Waals surface area contributed by atoms with Gasteiger partial charge in [-0.25, -0.2) is 0 Å². The van der Waals surface area contributed by atoms with Crippen molar-refractivity contribution in [2.45, 2.75) is 82.4 Å². The van der Waals surface area contributed by atoms with Gasteiger partial charge >= 0.3 is 7.60 Å². The van der Waals surface area contributed by atoms with Gasteiger partial charge in [0.25, 0.3) is 0 Å². The van der Waals surface area contributed by atoms with Crippen LogP contribution in [0.5, 0.6) is 0 Å². The van der Waals surface area contributed by atoms with E-state index in [9.17, 15) is 19.5 Å². The van der Waals surface area contributed by atoms with Crippen LogP contribution < -0.4 is 0 Å². The third-order valence-electron chi connectivity index (χ3n) is 5.45. The minimum absolute atomic E-state index is 0.0563. The summed E-state index contributed by atoms with van der Waals surface area (Å²) in [4.78, 5) is 19.2. The van der Waals surface area contributed by atoms with Crippen molar-refractivity contribution in [2.24, 2.45) is 0 Å². The van der Waals surface area contributed by atoms with E-state index in [4.69, 9.17) is 0 Å². The lowest BCUT2D eigenvalue weighted by molar-refractivity contribution is -0.875. The molecule has 174 valence electrons. The summed E-state index contributed by atoms with van der Waals surface area (Å²) in [6, 6.07) is 8.75. The number of hydrogen-bond donors (Lipinski definition) is 3. The highest BCUT2D eigenvalue weighted by Gasteiger charge is 2.48. The summed E-state index contributed by atoms with van der Waals surface area (Å²) in [6.07, 6.45) is 12.7. The zero-order chi connectivity index (χ0) is 22.7. The predicted octanol–water partition coefficient (Wildman–Crippen LogP) is 5.70. The predicted molar refractivity (Wildman–Crippen MR) is 134 cm³/mol. The summed E-state index contributed by atoms with van der Waals surface area (Å²) >= 11 is 2.36. The molecule has 5 nitrogen and oxygen atoms in total. The first-order valence-corrected chi connectivity index (χ1v) is 13.9. The molecule has 1 unspecified atom stereocenters. The summed E-state index contributed by atoms with van der Waals surface area (Å²) < 4.78 is 13.4. The summed E-state index contributed by atoms with van der Waals surface area (Å²) in [5.74, 6) is 0. The molecular formula is C23H42INO4P+. The maximum atomic E-state index is 11.8. The van der Waals surface area contributed by atoms with Crippen LogP contribution in [0.3, 0.4) is 0 Å². The van der Waals surface area contributed by atoms with Gasteiger partial charge in [0.1, 0.15) is 6.54 Å². The van der Waals surface area contributed by atoms with Crippen LogP contribution in [0.15, 0.2) is 24.3 Å². The molecule has 0 aliphatic carbocycles. The fraction of sp³-hybridized carbons (Fsp3) is 0.739. The molecule has 0 fully saturated rings. The molecule has 0 aromatic heterocycles. The second-order valence-electron chi connectivity index (χ2n) is 9.64. The van der Waals surface area contributed by atoms with Gasteiger partial charge in [-0.1, -0.05) is 63.5 Å². The topological polar surface area (TPSA) is 77.8 Å². The molecular weight excluding hydrogens is 512 g/mol. The molecule has 0 bridgehead atoms. The van der Waals surface area contributed by atoms with E-state index in [0.717, 1.165) is 19.3 Å². The molecule has 1 atom stereocenters. The Bertz CT molecular complexity index is 659. The Labute approximate surface area is 197 Å². The SMILES string of the molecule is C[N+](C)(C)CC(O)(CCCCCCCCCCCCc1cccc(I)c1)P(=O)(O)O. The molecule has 0 amide bonds. The van der Waals surface area contributed by atoms with Crippen molar-refractivity contribution in [3.63, 3.8) is 0 Å². The van der Waals surface area contributed by atoms with Crippen molar-refractivity contribution < 1.29 is 23.9 Å². The maximum absolute atomic E-state index is 11.8. The molecule has 1 aromatic carbocycles. The summed E-state index contributed by atoms with van der Waals surface area (Å²) in [5.41, 5.74) is 1.44. The van der Waals surface area contributed by atoms with Crippen molar-refractivity contribution in [1.29, 1.82) is 0 Å². The number of benzene rings is 1. The van der Waals surface area contributed by atoms with Crippen LogP contribution in [0.2, 0.25) is 0 Å². The van der Waals surface area contributed by atoms with Gasteiger partial charge in [-0.3, -0.25) is 4.57 Å². The Morgan fingerprint density at radius 1 is 0.900 bits per heavy atom. The minimum atomic E-state index is -4.55. The average molecular weight is 554 g/mol. The van der Waals surface area contributed by atoms with Gasteiger partial charge in [-0.2, -0.15) is 0 Å². The van der Waals surface area contributed by atoms with E-state index < -0.39 is 12.9 Å². The van der Waals surface area contributed by atoms with Crippen LogP contribution in [0.1, 0.15) is 76.2 Å². The smallest absolute Gasteiger partial charge is 0.362 e. The first kappa shape index (κ1) is 28.1. The lowest BCUT2D eigenvalue weighted by atomic mass is 10.0. The molecule has 0 radical (unpaired) electrons. The summed E-state index contributed by atoms with van der Waals surface area (Å²) in [5, 5.41) is 8.62. The number of quaternary nitrogens is 1. The van der Waals surface area contributed by atoms with Crippen molar-refractivity contribution in [1.82, 2.24) is 0 Å². The van der Waals surface area contributed by atoms with E-state index >= 15 is 0 Å². The number of unbranched alkanes of at least 4 members (excludes halogenated alkanes) is 9. The van der Waals surface area contributed by atoms with Crippen LogP contribution in [0, 0.1) is 3.57 Å². The number of aryl methyl sites for hydroxylation is 1. The van der Waals surface area contributed by atoms with Gasteiger partial charge in [0, 0.05) is 3.57 Å². The lowest BCUT2D eigenvalue weighted by Gasteiger charge is -2.35. The second kappa shape index (κ2) is 13.5. The van der Waals surface area contributed by atoms with Gasteiger partial charge in [-0.05, 0) is 66.0 Å². The van der Waals surface area contributed by atoms with E-state index in [-0.39, 0.29) is 13.0 Å². The number of hydrogen-bond acceptors (Lipinski definition) is 2. The highest BCUT2D eigenvalue weighted by molar-refractivity contribution is 14.1. The molecule has 0 saturated carbocycles. The van der Waals surface area contributed by atoms with Gasteiger partial charge < -0.3 is 19.4 Å². The Hall–Kier alpha value is 0.0200. The van der Waals surface area contributed by atoms with E-state index in [0.29, 0.717) is 10.9 Å². The van der Waals surface area contributed by atoms with Crippen molar-refractivity contribution >= 4 is 30.2 Å². The van der Waals surface area contributed by atoms with Crippen LogP contribution in [-0.4, -0.2) is 52.4 Å². The van der Waals surface area contributed by atoms with E-state index in [1.807, 2.05) is 21.1 Å². The molecule has 0 saturated heterocycles. The fourth-order valence-corrected chi connectivity index (χ4v) is 5.59. The first-order chi connectivity index (χ1) is 13.9. The minimum Gasteiger partial charge on any atom is -0.373 e. The van der Waals surface area contributed by atoms with Crippen LogP contribution in [0.25, 0.3) is 0 Å². The van der Waals surface area contributed by atoms with Crippen molar-refractivity contribution in [2.75, 3.05) is 27.7 Å². The van der Waals surface area contributed by atoms with Gasteiger partial charge in [0.2, 0.25) is 5.34 Å². The Balaban J connectivity index is 2.05. The fourth-order valence-electron chi connectivity index (χ4n) is 3.92. The number of rotatable bonds is 16. The third-order valence-corrected chi connectivity index (χ3v) is 7.57. The number of halogens is 1. The number of aliphatic hydroxyl groups is 1. The Morgan fingerprint density at radius 3 is 1.87 bits per heavy atom. The Kier molecular flexibility index (Phi) is 12.7. The molecule has 30 heavy (non-hydrogen) atoms. The largest absolute Gasteiger partial charge is 0.373 e. The average Bonchev–Trinajstić information content (AvgIpc) is 2.60. The highest BCUT2D eigenvalue weighted by atomic mass is 127. The zero-order valence-corrected chi connectivity index (χ0v) is 22.1. The van der Waals surface area contributed by atoms with Gasteiger partial charge in [0.05, 0.1) is 21.1 Å². The van der Waals surface area contributed by atoms with E-state index in [2.05, 4.69) is 46.9 Å². The Morgan fingerprint density at radius 2 is 1.40 bits per heavy atom. The summed E-state index contributed by atoms with van der Waals surface area (Å²) in [7, 11) is 0.962. The standard InChI is InChI=1S/C23H41INO4P/c1-25(2,3)20-23(26,30(27,28)29)18-13-11-9-7-5-4-6-8-10-12-15-21-16-14-17-22(24)19-21/h14,16-17,19,26H,4-13,15,18,20H2,1-3H3,(H-,27,28,29)/p+1. The normalized spacial score (nSPS) is 14.6. The molecule has 0 aliphatic rings. The van der Waals surface area contributed by atoms with Crippen LogP contribution in [0.4, 0.5) is 0 Å². The van der Waals surface area contributed by atoms with Crippen LogP contribution in [-0.2, 0) is 11.0 Å². The maximum Gasteiger partial charge on any atom is 0.362 e. The lowest BCUT2D eigenvalue weighted by Crippen LogP contribution is -2.49. The molecule has 0 aliphatic heterocycles. The van der Waals surface area contributed by atoms with Gasteiger partial charge in [-0.15, -0.1) is 0 Å². The molecule has 7 heteroatoms. The molecule has 0 spiro atoms. The third kappa shape index (κ3) is 12.2. The van der Waals surface area contributed by atoms with Gasteiger partial charge in [0.15, 0.2) is 0 Å². The van der Waals surface area contributed by atoms with E-state index in [1.54, 1.807) is 0 Å².